The monoisotopic (exact) mass is 238 g/mol. The summed E-state index contributed by atoms with van der Waals surface area (Å²) in [5, 5.41) is 12.6. The first-order valence-corrected chi connectivity index (χ1v) is 5.97. The van der Waals surface area contributed by atoms with Gasteiger partial charge in [-0.25, -0.2) is 0 Å². The van der Waals surface area contributed by atoms with Crippen molar-refractivity contribution in [2.24, 2.45) is 0 Å². The summed E-state index contributed by atoms with van der Waals surface area (Å²) in [7, 11) is 0. The topological polar surface area (TPSA) is 33.4 Å². The number of aryl methyl sites for hydroxylation is 1. The minimum absolute atomic E-state index is 0.586. The van der Waals surface area contributed by atoms with Gasteiger partial charge in [0.2, 0.25) is 0 Å². The molecule has 0 aliphatic rings. The molecule has 0 amide bonds. The molecule has 0 aliphatic carbocycles. The summed E-state index contributed by atoms with van der Waals surface area (Å²) in [6.07, 6.45) is -0.705. The summed E-state index contributed by atoms with van der Waals surface area (Å²) < 4.78 is 5.46. The van der Waals surface area contributed by atoms with Crippen LogP contribution >= 0.6 is 0 Å². The van der Waals surface area contributed by atoms with Crippen molar-refractivity contribution in [3.05, 3.63) is 71.7 Å². The Hall–Kier alpha value is -2.06. The summed E-state index contributed by atoms with van der Waals surface area (Å²) in [6, 6.07) is 17.7. The van der Waals surface area contributed by atoms with Gasteiger partial charge in [-0.1, -0.05) is 36.4 Å². The number of aliphatic hydroxyl groups excluding tert-OH is 1. The lowest BCUT2D eigenvalue weighted by molar-refractivity contribution is 0.188. The highest BCUT2D eigenvalue weighted by atomic mass is 16.4. The van der Waals surface area contributed by atoms with Gasteiger partial charge in [-0.2, -0.15) is 0 Å². The fourth-order valence-corrected chi connectivity index (χ4v) is 2.14. The quantitative estimate of drug-likeness (QED) is 0.736. The van der Waals surface area contributed by atoms with E-state index in [4.69, 9.17) is 4.42 Å². The first kappa shape index (κ1) is 11.1. The lowest BCUT2D eigenvalue weighted by Gasteiger charge is -2.09. The van der Waals surface area contributed by atoms with E-state index < -0.39 is 6.10 Å². The Bertz CT molecular complexity index is 682. The van der Waals surface area contributed by atoms with Crippen molar-refractivity contribution >= 4 is 10.8 Å². The van der Waals surface area contributed by atoms with Gasteiger partial charge in [0.25, 0.3) is 0 Å². The lowest BCUT2D eigenvalue weighted by Crippen LogP contribution is -1.97. The Morgan fingerprint density at radius 1 is 0.944 bits per heavy atom. The van der Waals surface area contributed by atoms with E-state index in [2.05, 4.69) is 6.07 Å². The van der Waals surface area contributed by atoms with Gasteiger partial charge in [-0.15, -0.1) is 0 Å². The number of furan rings is 1. The van der Waals surface area contributed by atoms with Gasteiger partial charge in [-0.05, 0) is 41.5 Å². The molecule has 1 N–H and O–H groups in total. The highest BCUT2D eigenvalue weighted by Crippen LogP contribution is 2.26. The number of benzene rings is 2. The van der Waals surface area contributed by atoms with E-state index in [1.54, 1.807) is 0 Å². The summed E-state index contributed by atoms with van der Waals surface area (Å²) in [5.74, 6) is 1.40. The second-order valence-corrected chi connectivity index (χ2v) is 4.46. The fraction of sp³-hybridized carbons (Fsp3) is 0.125. The Morgan fingerprint density at radius 3 is 2.44 bits per heavy atom. The van der Waals surface area contributed by atoms with Crippen LogP contribution in [0.15, 0.2) is 59.0 Å². The lowest BCUT2D eigenvalue weighted by atomic mass is 10.0. The van der Waals surface area contributed by atoms with Crippen molar-refractivity contribution < 1.29 is 9.52 Å². The van der Waals surface area contributed by atoms with Crippen molar-refractivity contribution in [1.29, 1.82) is 0 Å². The van der Waals surface area contributed by atoms with Gasteiger partial charge in [0.1, 0.15) is 17.6 Å². The van der Waals surface area contributed by atoms with Crippen LogP contribution < -0.4 is 0 Å². The average molecular weight is 238 g/mol. The standard InChI is InChI=1S/C16H14O2/c1-11-6-9-15(18-11)16(17)14-8-7-12-4-2-3-5-13(12)10-14/h2-10,16-17H,1H3. The van der Waals surface area contributed by atoms with Gasteiger partial charge < -0.3 is 9.52 Å². The van der Waals surface area contributed by atoms with Crippen LogP contribution in [0.3, 0.4) is 0 Å². The smallest absolute Gasteiger partial charge is 0.137 e. The summed E-state index contributed by atoms with van der Waals surface area (Å²) in [6.45, 7) is 1.87. The summed E-state index contributed by atoms with van der Waals surface area (Å²) >= 11 is 0. The van der Waals surface area contributed by atoms with E-state index in [0.29, 0.717) is 5.76 Å². The molecule has 0 radical (unpaired) electrons. The highest BCUT2D eigenvalue weighted by Gasteiger charge is 2.14. The molecule has 0 bridgehead atoms. The summed E-state index contributed by atoms with van der Waals surface area (Å²) in [5.41, 5.74) is 0.850. The molecule has 3 aromatic rings. The number of hydrogen-bond donors (Lipinski definition) is 1. The van der Waals surface area contributed by atoms with Crippen molar-refractivity contribution in [3.8, 4) is 0 Å². The van der Waals surface area contributed by atoms with Crippen molar-refractivity contribution in [3.63, 3.8) is 0 Å². The molecule has 0 saturated carbocycles. The first-order valence-electron chi connectivity index (χ1n) is 5.97. The maximum atomic E-state index is 10.3. The Labute approximate surface area is 105 Å². The van der Waals surface area contributed by atoms with Crippen LogP contribution in [0.5, 0.6) is 0 Å². The van der Waals surface area contributed by atoms with Gasteiger partial charge in [0.05, 0.1) is 0 Å². The number of aliphatic hydroxyl groups is 1. The number of rotatable bonds is 2. The Balaban J connectivity index is 2.03. The van der Waals surface area contributed by atoms with E-state index >= 15 is 0 Å². The second kappa shape index (κ2) is 4.31. The molecule has 2 heteroatoms. The van der Waals surface area contributed by atoms with Crippen molar-refractivity contribution in [1.82, 2.24) is 0 Å². The van der Waals surface area contributed by atoms with Gasteiger partial charge >= 0.3 is 0 Å². The molecule has 1 heterocycles. The third-order valence-electron chi connectivity index (χ3n) is 3.12. The van der Waals surface area contributed by atoms with Gasteiger partial charge in [0, 0.05) is 0 Å². The van der Waals surface area contributed by atoms with E-state index in [1.165, 1.54) is 5.39 Å². The predicted octanol–water partition coefficient (Wildman–Crippen LogP) is 3.82. The zero-order valence-corrected chi connectivity index (χ0v) is 10.1. The molecule has 90 valence electrons. The zero-order valence-electron chi connectivity index (χ0n) is 10.1. The molecule has 0 aliphatic heterocycles. The molecule has 3 rings (SSSR count). The first-order chi connectivity index (χ1) is 8.74. The van der Waals surface area contributed by atoms with Crippen LogP contribution in [0.2, 0.25) is 0 Å². The normalized spacial score (nSPS) is 12.8. The average Bonchev–Trinajstić information content (AvgIpc) is 2.84. The molecule has 18 heavy (non-hydrogen) atoms. The van der Waals surface area contributed by atoms with Crippen LogP contribution in [-0.2, 0) is 0 Å². The molecular weight excluding hydrogens is 224 g/mol. The fourth-order valence-electron chi connectivity index (χ4n) is 2.14. The van der Waals surface area contributed by atoms with E-state index in [1.807, 2.05) is 55.5 Å². The molecule has 0 fully saturated rings. The largest absolute Gasteiger partial charge is 0.463 e. The number of hydrogen-bond acceptors (Lipinski definition) is 2. The maximum absolute atomic E-state index is 10.3. The van der Waals surface area contributed by atoms with Crippen LogP contribution in [0.1, 0.15) is 23.2 Å². The SMILES string of the molecule is Cc1ccc(C(O)c2ccc3ccccc3c2)o1. The molecule has 2 nitrogen and oxygen atoms in total. The van der Waals surface area contributed by atoms with Crippen LogP contribution in [-0.4, -0.2) is 5.11 Å². The number of fused-ring (bicyclic) bond motifs is 1. The van der Waals surface area contributed by atoms with E-state index in [-0.39, 0.29) is 0 Å². The van der Waals surface area contributed by atoms with Gasteiger partial charge in [-0.3, -0.25) is 0 Å². The minimum atomic E-state index is -0.705. The van der Waals surface area contributed by atoms with Crippen molar-refractivity contribution in [2.45, 2.75) is 13.0 Å². The Kier molecular flexibility index (Phi) is 2.65. The third-order valence-corrected chi connectivity index (χ3v) is 3.12. The van der Waals surface area contributed by atoms with Gasteiger partial charge in [0.15, 0.2) is 0 Å². The maximum Gasteiger partial charge on any atom is 0.137 e. The summed E-state index contributed by atoms with van der Waals surface area (Å²) in [4.78, 5) is 0. The molecule has 1 unspecified atom stereocenters. The molecular formula is C16H14O2. The van der Waals surface area contributed by atoms with Crippen LogP contribution in [0, 0.1) is 6.92 Å². The predicted molar refractivity (Wildman–Crippen MR) is 71.5 cm³/mol. The molecule has 1 atom stereocenters. The van der Waals surface area contributed by atoms with E-state index in [9.17, 15) is 5.11 Å². The zero-order chi connectivity index (χ0) is 12.5. The van der Waals surface area contributed by atoms with Crippen molar-refractivity contribution in [2.75, 3.05) is 0 Å². The second-order valence-electron chi connectivity index (χ2n) is 4.46. The van der Waals surface area contributed by atoms with Crippen LogP contribution in [0.25, 0.3) is 10.8 Å². The minimum Gasteiger partial charge on any atom is -0.463 e. The highest BCUT2D eigenvalue weighted by molar-refractivity contribution is 5.83. The Morgan fingerprint density at radius 2 is 1.72 bits per heavy atom. The van der Waals surface area contributed by atoms with Crippen LogP contribution in [0.4, 0.5) is 0 Å². The molecule has 0 spiro atoms. The molecule has 2 aromatic carbocycles. The molecule has 0 saturated heterocycles. The van der Waals surface area contributed by atoms with E-state index in [0.717, 1.165) is 16.7 Å². The third kappa shape index (κ3) is 1.91. The molecule has 1 aromatic heterocycles.